The van der Waals surface area contributed by atoms with E-state index in [0.29, 0.717) is 12.3 Å². The first kappa shape index (κ1) is 11.2. The molecule has 11 heavy (non-hydrogen) atoms. The summed E-state index contributed by atoms with van der Waals surface area (Å²) in [5.74, 6) is 0.401. The van der Waals surface area contributed by atoms with Crippen LogP contribution in [0.3, 0.4) is 0 Å². The molecule has 0 fully saturated rings. The van der Waals surface area contributed by atoms with E-state index in [0.717, 1.165) is 6.42 Å². The quantitative estimate of drug-likeness (QED) is 0.650. The van der Waals surface area contributed by atoms with Crippen LogP contribution >= 0.6 is 7.60 Å². The number of rotatable bonds is 4. The van der Waals surface area contributed by atoms with E-state index in [9.17, 15) is 4.57 Å². The summed E-state index contributed by atoms with van der Waals surface area (Å²) in [7, 11) is -3.82. The Labute approximate surface area is 68.0 Å². The van der Waals surface area contributed by atoms with E-state index in [2.05, 4.69) is 0 Å². The molecule has 0 radical (unpaired) electrons. The Balaban J connectivity index is 3.88. The van der Waals surface area contributed by atoms with E-state index >= 15 is 0 Å². The summed E-state index contributed by atoms with van der Waals surface area (Å²) in [6.45, 7) is 5.64. The van der Waals surface area contributed by atoms with Gasteiger partial charge in [0, 0.05) is 0 Å². The third-order valence-corrected chi connectivity index (χ3v) is 3.37. The topological polar surface area (TPSA) is 57.5 Å². The zero-order valence-electron chi connectivity index (χ0n) is 7.32. The third kappa shape index (κ3) is 4.57. The number of hydrogen-bond donors (Lipinski definition) is 2. The molecule has 0 saturated carbocycles. The largest absolute Gasteiger partial charge is 0.328 e. The van der Waals surface area contributed by atoms with Crippen LogP contribution in [0.25, 0.3) is 0 Å². The van der Waals surface area contributed by atoms with Gasteiger partial charge in [0.2, 0.25) is 0 Å². The Kier molecular flexibility index (Phi) is 4.30. The van der Waals surface area contributed by atoms with Gasteiger partial charge in [-0.15, -0.1) is 0 Å². The third-order valence-electron chi connectivity index (χ3n) is 2.01. The van der Waals surface area contributed by atoms with Crippen LogP contribution in [0.4, 0.5) is 0 Å². The molecule has 0 spiro atoms. The molecule has 4 heteroatoms. The first-order chi connectivity index (χ1) is 4.88. The summed E-state index contributed by atoms with van der Waals surface area (Å²) in [5.41, 5.74) is -0.488. The van der Waals surface area contributed by atoms with Gasteiger partial charge in [-0.25, -0.2) is 0 Å². The average Bonchev–Trinajstić information content (AvgIpc) is 1.85. The van der Waals surface area contributed by atoms with Gasteiger partial charge in [-0.1, -0.05) is 27.2 Å². The van der Waals surface area contributed by atoms with Gasteiger partial charge in [0.1, 0.15) is 0 Å². The zero-order valence-corrected chi connectivity index (χ0v) is 8.21. The Morgan fingerprint density at radius 2 is 1.82 bits per heavy atom. The van der Waals surface area contributed by atoms with E-state index in [1.54, 1.807) is 6.92 Å². The van der Waals surface area contributed by atoms with Crippen molar-refractivity contribution in [3.63, 3.8) is 0 Å². The van der Waals surface area contributed by atoms with Crippen LogP contribution in [0.2, 0.25) is 0 Å². The van der Waals surface area contributed by atoms with Gasteiger partial charge in [0.25, 0.3) is 0 Å². The van der Waals surface area contributed by atoms with E-state index in [1.165, 1.54) is 0 Å². The van der Waals surface area contributed by atoms with Crippen LogP contribution < -0.4 is 0 Å². The van der Waals surface area contributed by atoms with Gasteiger partial charge in [-0.2, -0.15) is 0 Å². The van der Waals surface area contributed by atoms with Crippen LogP contribution in [0.1, 0.15) is 33.6 Å². The van der Waals surface area contributed by atoms with E-state index in [4.69, 9.17) is 9.79 Å². The van der Waals surface area contributed by atoms with Gasteiger partial charge in [0.05, 0.1) is 5.66 Å². The Bertz CT molecular complexity index is 152. The fraction of sp³-hybridized carbons (Fsp3) is 1.00. The molecule has 3 nitrogen and oxygen atoms in total. The minimum atomic E-state index is -3.82. The molecule has 0 saturated heterocycles. The van der Waals surface area contributed by atoms with Crippen molar-refractivity contribution in [3.05, 3.63) is 0 Å². The monoisotopic (exact) mass is 180 g/mol. The molecule has 0 aromatic carbocycles. The van der Waals surface area contributed by atoms with Crippen LogP contribution in [0, 0.1) is 5.92 Å². The normalized spacial score (nSPS) is 17.9. The minimum Gasteiger partial charge on any atom is -0.324 e. The highest BCUT2D eigenvalue weighted by molar-refractivity contribution is 7.52. The standard InChI is InChI=1S/C7H17O3P/c1-4-6(2)5-7(3)11(8,9)10/h6-7H,4-5H2,1-3H3,(H2,8,9,10). The Morgan fingerprint density at radius 1 is 1.36 bits per heavy atom. The Morgan fingerprint density at radius 3 is 2.09 bits per heavy atom. The predicted octanol–water partition coefficient (Wildman–Crippen LogP) is 1.99. The molecule has 0 heterocycles. The predicted molar refractivity (Wildman–Crippen MR) is 45.6 cm³/mol. The average molecular weight is 180 g/mol. The lowest BCUT2D eigenvalue weighted by atomic mass is 10.0. The summed E-state index contributed by atoms with van der Waals surface area (Å²) >= 11 is 0. The highest BCUT2D eigenvalue weighted by Crippen LogP contribution is 2.43. The second-order valence-corrected chi connectivity index (χ2v) is 5.25. The zero-order chi connectivity index (χ0) is 9.07. The molecule has 0 aromatic rings. The molecular weight excluding hydrogens is 163 g/mol. The van der Waals surface area contributed by atoms with Crippen molar-refractivity contribution in [1.82, 2.24) is 0 Å². The van der Waals surface area contributed by atoms with Crippen LogP contribution in [-0.2, 0) is 4.57 Å². The van der Waals surface area contributed by atoms with E-state index in [1.807, 2.05) is 13.8 Å². The van der Waals surface area contributed by atoms with Crippen molar-refractivity contribution in [2.24, 2.45) is 5.92 Å². The molecule has 0 rings (SSSR count). The molecule has 0 aliphatic heterocycles. The smallest absolute Gasteiger partial charge is 0.324 e. The lowest BCUT2D eigenvalue weighted by molar-refractivity contribution is 0.347. The molecule has 0 bridgehead atoms. The fourth-order valence-corrected chi connectivity index (χ4v) is 1.52. The van der Waals surface area contributed by atoms with Crippen molar-refractivity contribution in [1.29, 1.82) is 0 Å². The van der Waals surface area contributed by atoms with Crippen LogP contribution in [0.15, 0.2) is 0 Å². The van der Waals surface area contributed by atoms with Crippen LogP contribution in [-0.4, -0.2) is 15.4 Å². The second-order valence-electron chi connectivity index (χ2n) is 3.19. The minimum absolute atomic E-state index is 0.401. The number of hydrogen-bond acceptors (Lipinski definition) is 1. The van der Waals surface area contributed by atoms with Crippen molar-refractivity contribution < 1.29 is 14.4 Å². The molecule has 2 N–H and O–H groups in total. The van der Waals surface area contributed by atoms with Gasteiger partial charge < -0.3 is 9.79 Å². The van der Waals surface area contributed by atoms with Gasteiger partial charge in [0.15, 0.2) is 0 Å². The molecule has 2 atom stereocenters. The van der Waals surface area contributed by atoms with Crippen molar-refractivity contribution in [2.75, 3.05) is 0 Å². The van der Waals surface area contributed by atoms with Crippen LogP contribution in [0.5, 0.6) is 0 Å². The molecule has 2 unspecified atom stereocenters. The van der Waals surface area contributed by atoms with Crippen molar-refractivity contribution in [2.45, 2.75) is 39.3 Å². The maximum atomic E-state index is 10.7. The molecule has 0 aliphatic carbocycles. The van der Waals surface area contributed by atoms with Crippen molar-refractivity contribution in [3.8, 4) is 0 Å². The lowest BCUT2D eigenvalue weighted by Crippen LogP contribution is -2.08. The molecule has 0 aliphatic rings. The van der Waals surface area contributed by atoms with Crippen molar-refractivity contribution >= 4 is 7.60 Å². The maximum Gasteiger partial charge on any atom is 0.328 e. The second kappa shape index (κ2) is 4.24. The summed E-state index contributed by atoms with van der Waals surface area (Å²) in [6, 6.07) is 0. The highest BCUT2D eigenvalue weighted by atomic mass is 31.2. The van der Waals surface area contributed by atoms with E-state index in [-0.39, 0.29) is 0 Å². The van der Waals surface area contributed by atoms with Gasteiger partial charge >= 0.3 is 7.60 Å². The molecule has 0 amide bonds. The molecular formula is C7H17O3P. The van der Waals surface area contributed by atoms with Gasteiger partial charge in [-0.3, -0.25) is 4.57 Å². The summed E-state index contributed by atoms with van der Waals surface area (Å²) in [4.78, 5) is 17.5. The lowest BCUT2D eigenvalue weighted by Gasteiger charge is -2.16. The summed E-state index contributed by atoms with van der Waals surface area (Å²) in [5, 5.41) is 0. The fourth-order valence-electron chi connectivity index (χ4n) is 0.886. The maximum absolute atomic E-state index is 10.7. The SMILES string of the molecule is CCC(C)CC(C)P(=O)(O)O. The van der Waals surface area contributed by atoms with Gasteiger partial charge in [-0.05, 0) is 12.3 Å². The highest BCUT2D eigenvalue weighted by Gasteiger charge is 2.24. The first-order valence-electron chi connectivity index (χ1n) is 3.93. The first-order valence-corrected chi connectivity index (χ1v) is 5.61. The summed E-state index contributed by atoms with van der Waals surface area (Å²) in [6.07, 6.45) is 1.59. The Hall–Kier alpha value is 0.150. The molecule has 68 valence electrons. The summed E-state index contributed by atoms with van der Waals surface area (Å²) < 4.78 is 10.7. The molecule has 0 aromatic heterocycles. The van der Waals surface area contributed by atoms with E-state index < -0.39 is 13.3 Å².